The van der Waals surface area contributed by atoms with E-state index in [4.69, 9.17) is 9.15 Å². The molecule has 0 saturated heterocycles. The predicted molar refractivity (Wildman–Crippen MR) is 108 cm³/mol. The standard InChI is InChI=1S/C21H16F2N2O4S/c1-12-4-2-3-5-16(12)27-11-14-7-9-17(28-14)19(26)25-21-24-15-8-6-13(29-20(22)23)10-18(15)30-21/h2-10,20H,11H2,1H3,(H,24,25,26). The van der Waals surface area contributed by atoms with Gasteiger partial charge in [-0.3, -0.25) is 10.1 Å². The van der Waals surface area contributed by atoms with Gasteiger partial charge in [0.05, 0.1) is 10.2 Å². The van der Waals surface area contributed by atoms with Crippen molar-refractivity contribution in [3.63, 3.8) is 0 Å². The number of nitrogens with one attached hydrogen (secondary N) is 1. The Kier molecular flexibility index (Phi) is 5.62. The largest absolute Gasteiger partial charge is 0.485 e. The maximum absolute atomic E-state index is 12.4. The third-order valence-corrected chi connectivity index (χ3v) is 5.09. The van der Waals surface area contributed by atoms with Gasteiger partial charge in [-0.05, 0) is 48.9 Å². The third kappa shape index (κ3) is 4.57. The van der Waals surface area contributed by atoms with Crippen molar-refractivity contribution in [2.24, 2.45) is 0 Å². The lowest BCUT2D eigenvalue weighted by atomic mass is 10.2. The number of hydrogen-bond donors (Lipinski definition) is 1. The van der Waals surface area contributed by atoms with Gasteiger partial charge in [-0.25, -0.2) is 4.98 Å². The number of carbonyl (C=O) groups is 1. The molecule has 1 N–H and O–H groups in total. The molecule has 2 aromatic heterocycles. The third-order valence-electron chi connectivity index (χ3n) is 4.15. The molecule has 1 amide bonds. The number of carbonyl (C=O) groups excluding carboxylic acids is 1. The van der Waals surface area contributed by atoms with Crippen LogP contribution in [0, 0.1) is 6.92 Å². The Morgan fingerprint density at radius 3 is 2.83 bits per heavy atom. The number of benzene rings is 2. The van der Waals surface area contributed by atoms with Crippen LogP contribution >= 0.6 is 11.3 Å². The minimum Gasteiger partial charge on any atom is -0.485 e. The average Bonchev–Trinajstić information content (AvgIpc) is 3.33. The molecule has 0 radical (unpaired) electrons. The Morgan fingerprint density at radius 1 is 1.20 bits per heavy atom. The predicted octanol–water partition coefficient (Wildman–Crippen LogP) is 5.63. The number of fused-ring (bicyclic) bond motifs is 1. The van der Waals surface area contributed by atoms with E-state index in [0.29, 0.717) is 21.1 Å². The molecule has 154 valence electrons. The van der Waals surface area contributed by atoms with Crippen LogP contribution < -0.4 is 14.8 Å². The summed E-state index contributed by atoms with van der Waals surface area (Å²) in [6.07, 6.45) is 0. The molecule has 9 heteroatoms. The summed E-state index contributed by atoms with van der Waals surface area (Å²) < 4.78 is 40.9. The molecule has 0 aliphatic carbocycles. The number of halogens is 2. The van der Waals surface area contributed by atoms with Gasteiger partial charge in [0.1, 0.15) is 23.9 Å². The maximum Gasteiger partial charge on any atom is 0.387 e. The molecule has 30 heavy (non-hydrogen) atoms. The molecule has 0 aliphatic heterocycles. The zero-order valence-corrected chi connectivity index (χ0v) is 16.5. The van der Waals surface area contributed by atoms with Crippen LogP contribution in [0.5, 0.6) is 11.5 Å². The number of aryl methyl sites for hydroxylation is 1. The van der Waals surface area contributed by atoms with Crippen molar-refractivity contribution in [3.8, 4) is 11.5 Å². The number of anilines is 1. The smallest absolute Gasteiger partial charge is 0.387 e. The lowest BCUT2D eigenvalue weighted by Crippen LogP contribution is -2.10. The second-order valence-corrected chi connectivity index (χ2v) is 7.33. The molecule has 0 atom stereocenters. The topological polar surface area (TPSA) is 73.6 Å². The van der Waals surface area contributed by atoms with E-state index in [1.165, 1.54) is 12.1 Å². The zero-order chi connectivity index (χ0) is 21.1. The van der Waals surface area contributed by atoms with Crippen molar-refractivity contribution in [2.75, 3.05) is 5.32 Å². The SMILES string of the molecule is Cc1ccccc1OCc1ccc(C(=O)Nc2nc3ccc(OC(F)F)cc3s2)o1. The molecule has 6 nitrogen and oxygen atoms in total. The number of thiazole rings is 1. The Hall–Kier alpha value is -3.46. The van der Waals surface area contributed by atoms with Gasteiger partial charge in [0.15, 0.2) is 10.9 Å². The van der Waals surface area contributed by atoms with Crippen molar-refractivity contribution in [1.82, 2.24) is 4.98 Å². The quantitative estimate of drug-likeness (QED) is 0.411. The number of nitrogens with zero attached hydrogens (tertiary/aromatic N) is 1. The van der Waals surface area contributed by atoms with E-state index in [2.05, 4.69) is 15.0 Å². The van der Waals surface area contributed by atoms with Gasteiger partial charge >= 0.3 is 6.61 Å². The van der Waals surface area contributed by atoms with Crippen LogP contribution in [0.25, 0.3) is 10.2 Å². The maximum atomic E-state index is 12.4. The van der Waals surface area contributed by atoms with E-state index >= 15 is 0 Å². The van der Waals surface area contributed by atoms with Crippen LogP contribution in [-0.4, -0.2) is 17.5 Å². The van der Waals surface area contributed by atoms with E-state index in [0.717, 1.165) is 22.6 Å². The Labute approximate surface area is 174 Å². The van der Waals surface area contributed by atoms with Crippen LogP contribution in [0.4, 0.5) is 13.9 Å². The number of amides is 1. The summed E-state index contributed by atoms with van der Waals surface area (Å²) in [6, 6.07) is 15.2. The van der Waals surface area contributed by atoms with E-state index in [1.54, 1.807) is 18.2 Å². The highest BCUT2D eigenvalue weighted by Crippen LogP contribution is 2.30. The van der Waals surface area contributed by atoms with Crippen molar-refractivity contribution in [3.05, 3.63) is 71.7 Å². The number of rotatable bonds is 7. The van der Waals surface area contributed by atoms with Crippen LogP contribution in [0.15, 0.2) is 59.0 Å². The van der Waals surface area contributed by atoms with Gasteiger partial charge in [-0.1, -0.05) is 29.5 Å². The van der Waals surface area contributed by atoms with E-state index in [9.17, 15) is 13.6 Å². The van der Waals surface area contributed by atoms with Gasteiger partial charge < -0.3 is 13.9 Å². The molecular weight excluding hydrogens is 414 g/mol. The monoisotopic (exact) mass is 430 g/mol. The highest BCUT2D eigenvalue weighted by molar-refractivity contribution is 7.22. The van der Waals surface area contributed by atoms with Gasteiger partial charge in [0, 0.05) is 0 Å². The van der Waals surface area contributed by atoms with Gasteiger partial charge in [-0.15, -0.1) is 0 Å². The Morgan fingerprint density at radius 2 is 2.03 bits per heavy atom. The summed E-state index contributed by atoms with van der Waals surface area (Å²) >= 11 is 1.14. The lowest BCUT2D eigenvalue weighted by molar-refractivity contribution is -0.0497. The summed E-state index contributed by atoms with van der Waals surface area (Å²) in [5, 5.41) is 2.97. The van der Waals surface area contributed by atoms with Crippen LogP contribution in [0.1, 0.15) is 21.9 Å². The van der Waals surface area contributed by atoms with E-state index in [-0.39, 0.29) is 18.1 Å². The number of hydrogen-bond acceptors (Lipinski definition) is 6. The fourth-order valence-electron chi connectivity index (χ4n) is 2.74. The minimum absolute atomic E-state index is 0.0309. The van der Waals surface area contributed by atoms with Gasteiger partial charge in [0.2, 0.25) is 0 Å². The van der Waals surface area contributed by atoms with E-state index in [1.807, 2.05) is 31.2 Å². The summed E-state index contributed by atoms with van der Waals surface area (Å²) in [5.41, 5.74) is 1.56. The fourth-order valence-corrected chi connectivity index (χ4v) is 3.63. The average molecular weight is 430 g/mol. The lowest BCUT2D eigenvalue weighted by Gasteiger charge is -2.06. The van der Waals surface area contributed by atoms with Crippen molar-refractivity contribution in [1.29, 1.82) is 0 Å². The van der Waals surface area contributed by atoms with Crippen molar-refractivity contribution < 1.29 is 27.5 Å². The number of aromatic nitrogens is 1. The highest BCUT2D eigenvalue weighted by atomic mass is 32.1. The normalized spacial score (nSPS) is 11.1. The summed E-state index contributed by atoms with van der Waals surface area (Å²) in [6.45, 7) is -0.777. The first kappa shape index (κ1) is 19.8. The van der Waals surface area contributed by atoms with Crippen LogP contribution in [0.3, 0.4) is 0 Å². The first-order chi connectivity index (χ1) is 14.5. The second kappa shape index (κ2) is 8.50. The molecule has 0 aliphatic rings. The van der Waals surface area contributed by atoms with E-state index < -0.39 is 12.5 Å². The molecule has 4 rings (SSSR count). The van der Waals surface area contributed by atoms with Gasteiger partial charge in [-0.2, -0.15) is 8.78 Å². The fraction of sp³-hybridized carbons (Fsp3) is 0.143. The number of alkyl halides is 2. The summed E-state index contributed by atoms with van der Waals surface area (Å²) in [5.74, 6) is 0.911. The minimum atomic E-state index is -2.91. The molecule has 0 saturated carbocycles. The molecule has 2 heterocycles. The van der Waals surface area contributed by atoms with Crippen molar-refractivity contribution >= 4 is 32.6 Å². The molecule has 0 spiro atoms. The number of ether oxygens (including phenoxy) is 2. The van der Waals surface area contributed by atoms with Crippen molar-refractivity contribution in [2.45, 2.75) is 20.1 Å². The zero-order valence-electron chi connectivity index (χ0n) is 15.7. The molecule has 4 aromatic rings. The highest BCUT2D eigenvalue weighted by Gasteiger charge is 2.15. The second-order valence-electron chi connectivity index (χ2n) is 6.30. The van der Waals surface area contributed by atoms with Gasteiger partial charge in [0.25, 0.3) is 5.91 Å². The molecule has 2 aromatic carbocycles. The Balaban J connectivity index is 1.41. The first-order valence-corrected chi connectivity index (χ1v) is 9.73. The number of para-hydroxylation sites is 1. The summed E-state index contributed by atoms with van der Waals surface area (Å²) in [7, 11) is 0. The molecule has 0 unspecified atom stereocenters. The van der Waals surface area contributed by atoms with Crippen LogP contribution in [0.2, 0.25) is 0 Å². The molecular formula is C21H16F2N2O4S. The first-order valence-electron chi connectivity index (χ1n) is 8.92. The molecule has 0 bridgehead atoms. The molecule has 0 fully saturated rings. The number of furan rings is 1. The summed E-state index contributed by atoms with van der Waals surface area (Å²) in [4.78, 5) is 16.7. The Bertz CT molecular complexity index is 1190. The van der Waals surface area contributed by atoms with Crippen LogP contribution in [-0.2, 0) is 6.61 Å².